The number of carbonyl (C=O) groups excluding carboxylic acids is 1. The van der Waals surface area contributed by atoms with Crippen molar-refractivity contribution in [2.24, 2.45) is 0 Å². The van der Waals surface area contributed by atoms with E-state index in [1.165, 1.54) is 5.56 Å². The van der Waals surface area contributed by atoms with E-state index >= 15 is 0 Å². The lowest BCUT2D eigenvalue weighted by Gasteiger charge is -2.19. The van der Waals surface area contributed by atoms with Gasteiger partial charge in [0.1, 0.15) is 0 Å². The van der Waals surface area contributed by atoms with Gasteiger partial charge in [-0.25, -0.2) is 0 Å². The fourth-order valence-electron chi connectivity index (χ4n) is 2.11. The average molecular weight is 321 g/mol. The molecule has 0 spiro atoms. The summed E-state index contributed by atoms with van der Waals surface area (Å²) in [6, 6.07) is 12.9. The normalized spacial score (nSPS) is 11.5. The van der Waals surface area contributed by atoms with Crippen molar-refractivity contribution in [3.8, 4) is 0 Å². The predicted molar refractivity (Wildman–Crippen MR) is 89.6 cm³/mol. The Labute approximate surface area is 135 Å². The van der Waals surface area contributed by atoms with Crippen LogP contribution in [0.3, 0.4) is 0 Å². The second-order valence-electron chi connectivity index (χ2n) is 6.16. The maximum Gasteiger partial charge on any atom is 0.167 e. The molecule has 0 aliphatic rings. The van der Waals surface area contributed by atoms with Crippen LogP contribution in [0.25, 0.3) is 0 Å². The molecule has 2 rings (SSSR count). The van der Waals surface area contributed by atoms with E-state index < -0.39 is 0 Å². The first-order valence-corrected chi connectivity index (χ1v) is 7.60. The molecule has 0 unspecified atom stereocenters. The molecule has 0 N–H and O–H groups in total. The minimum absolute atomic E-state index is 0.0413. The third-order valence-electron chi connectivity index (χ3n) is 3.43. The molecule has 0 radical (unpaired) electrons. The summed E-state index contributed by atoms with van der Waals surface area (Å²) in [5, 5.41) is 1.16. The van der Waals surface area contributed by atoms with Crippen LogP contribution < -0.4 is 0 Å². The van der Waals surface area contributed by atoms with Crippen molar-refractivity contribution in [1.29, 1.82) is 0 Å². The minimum atomic E-state index is 0.0413. The van der Waals surface area contributed by atoms with Crippen molar-refractivity contribution in [3.05, 3.63) is 69.2 Å². The van der Waals surface area contributed by atoms with Gasteiger partial charge >= 0.3 is 0 Å². The van der Waals surface area contributed by atoms with Gasteiger partial charge in [0.05, 0.1) is 0 Å². The molecular weight excluding hydrogens is 303 g/mol. The van der Waals surface area contributed by atoms with E-state index in [1.54, 1.807) is 18.2 Å². The van der Waals surface area contributed by atoms with Gasteiger partial charge in [-0.15, -0.1) is 0 Å². The molecule has 2 aromatic carbocycles. The maximum absolute atomic E-state index is 12.3. The standard InChI is InChI=1S/C18H18Cl2O/c1-18(2,3)14-6-4-12(5-7-14)17(21)11-13-10-15(19)8-9-16(13)20/h4-10H,11H2,1-3H3. The van der Waals surface area contributed by atoms with Gasteiger partial charge in [-0.05, 0) is 34.7 Å². The van der Waals surface area contributed by atoms with E-state index in [9.17, 15) is 4.79 Å². The molecule has 0 heterocycles. The zero-order valence-corrected chi connectivity index (χ0v) is 13.9. The van der Waals surface area contributed by atoms with E-state index in [0.717, 1.165) is 5.56 Å². The summed E-state index contributed by atoms with van der Waals surface area (Å²) in [7, 11) is 0. The van der Waals surface area contributed by atoms with Crippen molar-refractivity contribution in [2.45, 2.75) is 32.6 Å². The van der Waals surface area contributed by atoms with Crippen molar-refractivity contribution in [2.75, 3.05) is 0 Å². The number of hydrogen-bond donors (Lipinski definition) is 0. The van der Waals surface area contributed by atoms with Gasteiger partial charge in [0.25, 0.3) is 0 Å². The molecule has 0 fully saturated rings. The SMILES string of the molecule is CC(C)(C)c1ccc(C(=O)Cc2cc(Cl)ccc2Cl)cc1. The first kappa shape index (κ1) is 16.1. The number of halogens is 2. The summed E-state index contributed by atoms with van der Waals surface area (Å²) in [6.07, 6.45) is 0.258. The number of ketones is 1. The molecule has 0 saturated heterocycles. The summed E-state index contributed by atoms with van der Waals surface area (Å²) >= 11 is 12.0. The van der Waals surface area contributed by atoms with Crippen LogP contribution in [0.2, 0.25) is 10.0 Å². The number of hydrogen-bond acceptors (Lipinski definition) is 1. The number of benzene rings is 2. The molecule has 3 heteroatoms. The minimum Gasteiger partial charge on any atom is -0.294 e. The average Bonchev–Trinajstić information content (AvgIpc) is 2.42. The van der Waals surface area contributed by atoms with Gasteiger partial charge in [-0.2, -0.15) is 0 Å². The fraction of sp³-hybridized carbons (Fsp3) is 0.278. The molecule has 110 valence electrons. The predicted octanol–water partition coefficient (Wildman–Crippen LogP) is 5.72. The Morgan fingerprint density at radius 1 is 1.00 bits per heavy atom. The Kier molecular flexibility index (Phi) is 4.75. The highest BCUT2D eigenvalue weighted by Crippen LogP contribution is 2.24. The Morgan fingerprint density at radius 2 is 1.62 bits per heavy atom. The highest BCUT2D eigenvalue weighted by molar-refractivity contribution is 6.33. The van der Waals surface area contributed by atoms with Crippen LogP contribution in [0.5, 0.6) is 0 Å². The van der Waals surface area contributed by atoms with Crippen LogP contribution in [-0.2, 0) is 11.8 Å². The lowest BCUT2D eigenvalue weighted by molar-refractivity contribution is 0.0993. The first-order valence-electron chi connectivity index (χ1n) is 6.85. The zero-order chi connectivity index (χ0) is 15.6. The van der Waals surface area contributed by atoms with Crippen LogP contribution in [0.4, 0.5) is 0 Å². The molecule has 1 nitrogen and oxygen atoms in total. The summed E-state index contributed by atoms with van der Waals surface area (Å²) in [4.78, 5) is 12.3. The third-order valence-corrected chi connectivity index (χ3v) is 4.04. The van der Waals surface area contributed by atoms with E-state index in [4.69, 9.17) is 23.2 Å². The summed E-state index contributed by atoms with van der Waals surface area (Å²) in [6.45, 7) is 6.45. The van der Waals surface area contributed by atoms with E-state index in [0.29, 0.717) is 15.6 Å². The van der Waals surface area contributed by atoms with Crippen LogP contribution >= 0.6 is 23.2 Å². The second-order valence-corrected chi connectivity index (χ2v) is 7.01. The van der Waals surface area contributed by atoms with Crippen molar-refractivity contribution < 1.29 is 4.79 Å². The Balaban J connectivity index is 2.19. The second kappa shape index (κ2) is 6.21. The quantitative estimate of drug-likeness (QED) is 0.661. The molecule has 0 atom stereocenters. The molecule has 0 amide bonds. The highest BCUT2D eigenvalue weighted by Gasteiger charge is 2.15. The zero-order valence-electron chi connectivity index (χ0n) is 12.4. The lowest BCUT2D eigenvalue weighted by atomic mass is 9.86. The maximum atomic E-state index is 12.3. The summed E-state index contributed by atoms with van der Waals surface area (Å²) in [5.74, 6) is 0.0413. The smallest absolute Gasteiger partial charge is 0.167 e. The van der Waals surface area contributed by atoms with Crippen LogP contribution in [0.1, 0.15) is 42.3 Å². The van der Waals surface area contributed by atoms with Crippen LogP contribution in [0.15, 0.2) is 42.5 Å². The molecule has 0 aromatic heterocycles. The molecule has 2 aromatic rings. The monoisotopic (exact) mass is 320 g/mol. The Hall–Kier alpha value is -1.31. The summed E-state index contributed by atoms with van der Waals surface area (Å²) in [5.41, 5.74) is 2.74. The number of Topliss-reactive ketones (excluding diaryl/α,β-unsaturated/α-hetero) is 1. The molecule has 0 bridgehead atoms. The number of rotatable bonds is 3. The van der Waals surface area contributed by atoms with Gasteiger partial charge in [0.2, 0.25) is 0 Å². The van der Waals surface area contributed by atoms with Gasteiger partial charge in [-0.3, -0.25) is 4.79 Å². The molecule has 0 aliphatic carbocycles. The fourth-order valence-corrected chi connectivity index (χ4v) is 2.49. The largest absolute Gasteiger partial charge is 0.294 e. The van der Waals surface area contributed by atoms with Gasteiger partial charge in [-0.1, -0.05) is 68.2 Å². The van der Waals surface area contributed by atoms with Crippen molar-refractivity contribution in [3.63, 3.8) is 0 Å². The van der Waals surface area contributed by atoms with Crippen LogP contribution in [-0.4, -0.2) is 5.78 Å². The lowest BCUT2D eigenvalue weighted by Crippen LogP contribution is -2.11. The Morgan fingerprint density at radius 3 is 2.19 bits per heavy atom. The molecule has 0 saturated carbocycles. The van der Waals surface area contributed by atoms with Crippen molar-refractivity contribution >= 4 is 29.0 Å². The summed E-state index contributed by atoms with van der Waals surface area (Å²) < 4.78 is 0. The molecule has 21 heavy (non-hydrogen) atoms. The van der Waals surface area contributed by atoms with Gasteiger partial charge in [0, 0.05) is 22.0 Å². The van der Waals surface area contributed by atoms with Crippen molar-refractivity contribution in [1.82, 2.24) is 0 Å². The van der Waals surface area contributed by atoms with Gasteiger partial charge < -0.3 is 0 Å². The van der Waals surface area contributed by atoms with E-state index in [2.05, 4.69) is 20.8 Å². The number of carbonyl (C=O) groups is 1. The van der Waals surface area contributed by atoms with E-state index in [-0.39, 0.29) is 17.6 Å². The molecular formula is C18H18Cl2O. The van der Waals surface area contributed by atoms with Gasteiger partial charge in [0.15, 0.2) is 5.78 Å². The first-order chi connectivity index (χ1) is 9.77. The topological polar surface area (TPSA) is 17.1 Å². The van der Waals surface area contributed by atoms with Crippen LogP contribution in [0, 0.1) is 0 Å². The third kappa shape index (κ3) is 4.09. The van der Waals surface area contributed by atoms with E-state index in [1.807, 2.05) is 24.3 Å². The molecule has 0 aliphatic heterocycles. The Bertz CT molecular complexity index is 652. The highest BCUT2D eigenvalue weighted by atomic mass is 35.5.